The van der Waals surface area contributed by atoms with Gasteiger partial charge in [-0.3, -0.25) is 0 Å². The Bertz CT molecular complexity index is 425. The van der Waals surface area contributed by atoms with Gasteiger partial charge in [0.05, 0.1) is 11.6 Å². The van der Waals surface area contributed by atoms with Crippen LogP contribution in [0.2, 0.25) is 0 Å². The van der Waals surface area contributed by atoms with Crippen LogP contribution in [0.3, 0.4) is 0 Å². The lowest BCUT2D eigenvalue weighted by molar-refractivity contribution is 0.279. The van der Waals surface area contributed by atoms with Crippen molar-refractivity contribution in [2.75, 3.05) is 14.2 Å². The Morgan fingerprint density at radius 1 is 1.30 bits per heavy atom. The maximum absolute atomic E-state index is 5.29. The second-order valence-corrected chi connectivity index (χ2v) is 7.70. The minimum atomic E-state index is 0.384. The summed E-state index contributed by atoms with van der Waals surface area (Å²) in [4.78, 5) is 0. The van der Waals surface area contributed by atoms with Crippen LogP contribution in [0.15, 0.2) is 22.7 Å². The zero-order valence-electron chi connectivity index (χ0n) is 13.6. The van der Waals surface area contributed by atoms with Crippen molar-refractivity contribution >= 4 is 15.9 Å². The Labute approximate surface area is 132 Å². The highest BCUT2D eigenvalue weighted by molar-refractivity contribution is 9.10. The van der Waals surface area contributed by atoms with Crippen molar-refractivity contribution in [2.24, 2.45) is 11.3 Å². The summed E-state index contributed by atoms with van der Waals surface area (Å²) in [5.74, 6) is 1.57. The van der Waals surface area contributed by atoms with Gasteiger partial charge in [0.15, 0.2) is 0 Å². The maximum atomic E-state index is 5.29. The number of nitrogens with one attached hydrogen (secondary N) is 1. The molecule has 3 heteroatoms. The van der Waals surface area contributed by atoms with Gasteiger partial charge in [0.25, 0.3) is 0 Å². The summed E-state index contributed by atoms with van der Waals surface area (Å²) in [6.45, 7) is 9.26. The van der Waals surface area contributed by atoms with Crippen LogP contribution >= 0.6 is 15.9 Å². The molecule has 20 heavy (non-hydrogen) atoms. The molecular weight excluding hydrogens is 314 g/mol. The SMILES string of the molecule is CNC(CC(C)CC(C)(C)C)c1ccc(OC)c(Br)c1. The van der Waals surface area contributed by atoms with Crippen molar-refractivity contribution in [3.05, 3.63) is 28.2 Å². The molecule has 0 aliphatic heterocycles. The number of rotatable bonds is 6. The van der Waals surface area contributed by atoms with E-state index in [-0.39, 0.29) is 0 Å². The van der Waals surface area contributed by atoms with E-state index in [0.29, 0.717) is 17.4 Å². The lowest BCUT2D eigenvalue weighted by Crippen LogP contribution is -2.21. The van der Waals surface area contributed by atoms with Crippen LogP contribution in [-0.4, -0.2) is 14.2 Å². The van der Waals surface area contributed by atoms with Crippen LogP contribution in [-0.2, 0) is 0 Å². The summed E-state index contributed by atoms with van der Waals surface area (Å²) in [7, 11) is 3.73. The minimum Gasteiger partial charge on any atom is -0.496 e. The van der Waals surface area contributed by atoms with E-state index in [4.69, 9.17) is 4.74 Å². The predicted octanol–water partition coefficient (Wildman–Crippen LogP) is 5.18. The molecule has 1 rings (SSSR count). The third-order valence-electron chi connectivity index (χ3n) is 3.53. The number of hydrogen-bond donors (Lipinski definition) is 1. The molecule has 1 aromatic carbocycles. The van der Waals surface area contributed by atoms with Crippen LogP contribution in [0.5, 0.6) is 5.75 Å². The molecule has 1 N–H and O–H groups in total. The highest BCUT2D eigenvalue weighted by Gasteiger charge is 2.20. The first-order valence-corrected chi connectivity index (χ1v) is 8.07. The van der Waals surface area contributed by atoms with Gasteiger partial charge < -0.3 is 10.1 Å². The molecule has 1 aromatic rings. The molecule has 2 unspecified atom stereocenters. The van der Waals surface area contributed by atoms with Crippen molar-refractivity contribution in [1.82, 2.24) is 5.32 Å². The lowest BCUT2D eigenvalue weighted by Gasteiger charge is -2.27. The molecule has 0 aromatic heterocycles. The molecular formula is C17H28BrNO. The van der Waals surface area contributed by atoms with Crippen molar-refractivity contribution in [2.45, 2.75) is 46.6 Å². The van der Waals surface area contributed by atoms with Gasteiger partial charge in [0, 0.05) is 6.04 Å². The van der Waals surface area contributed by atoms with Crippen LogP contribution in [0, 0.1) is 11.3 Å². The molecule has 0 radical (unpaired) electrons. The summed E-state index contributed by atoms with van der Waals surface area (Å²) in [5.41, 5.74) is 1.69. The van der Waals surface area contributed by atoms with Gasteiger partial charge in [-0.05, 0) is 64.8 Å². The smallest absolute Gasteiger partial charge is 0.133 e. The zero-order chi connectivity index (χ0) is 15.3. The molecule has 0 saturated carbocycles. The highest BCUT2D eigenvalue weighted by atomic mass is 79.9. The van der Waals surface area contributed by atoms with E-state index in [9.17, 15) is 0 Å². The molecule has 114 valence electrons. The van der Waals surface area contributed by atoms with Gasteiger partial charge in [-0.25, -0.2) is 0 Å². The molecule has 0 amide bonds. The lowest BCUT2D eigenvalue weighted by atomic mass is 9.82. The summed E-state index contributed by atoms with van der Waals surface area (Å²) in [6, 6.07) is 6.71. The van der Waals surface area contributed by atoms with Crippen LogP contribution in [0.1, 0.15) is 52.1 Å². The first-order valence-electron chi connectivity index (χ1n) is 7.27. The van der Waals surface area contributed by atoms with Crippen molar-refractivity contribution < 1.29 is 4.74 Å². The molecule has 0 fully saturated rings. The molecule has 2 nitrogen and oxygen atoms in total. The van der Waals surface area contributed by atoms with E-state index < -0.39 is 0 Å². The Morgan fingerprint density at radius 2 is 1.95 bits per heavy atom. The third kappa shape index (κ3) is 5.45. The number of benzene rings is 1. The fourth-order valence-electron chi connectivity index (χ4n) is 2.85. The van der Waals surface area contributed by atoms with Crippen LogP contribution in [0.25, 0.3) is 0 Å². The van der Waals surface area contributed by atoms with E-state index in [1.54, 1.807) is 7.11 Å². The van der Waals surface area contributed by atoms with E-state index in [0.717, 1.165) is 16.6 Å². The quantitative estimate of drug-likeness (QED) is 0.769. The maximum Gasteiger partial charge on any atom is 0.133 e. The Balaban J connectivity index is 2.78. The van der Waals surface area contributed by atoms with Crippen LogP contribution in [0.4, 0.5) is 0 Å². The molecule has 0 saturated heterocycles. The second-order valence-electron chi connectivity index (χ2n) is 6.84. The number of ether oxygens (including phenoxy) is 1. The minimum absolute atomic E-state index is 0.384. The van der Waals surface area contributed by atoms with E-state index in [1.165, 1.54) is 12.0 Å². The average molecular weight is 342 g/mol. The Kier molecular flexibility index (Phi) is 6.53. The number of halogens is 1. The van der Waals surface area contributed by atoms with E-state index >= 15 is 0 Å². The highest BCUT2D eigenvalue weighted by Crippen LogP contribution is 2.33. The second kappa shape index (κ2) is 7.46. The van der Waals surface area contributed by atoms with E-state index in [2.05, 4.69) is 61.1 Å². The van der Waals surface area contributed by atoms with Crippen LogP contribution < -0.4 is 10.1 Å². The average Bonchev–Trinajstić information content (AvgIpc) is 2.33. The van der Waals surface area contributed by atoms with Gasteiger partial charge in [-0.15, -0.1) is 0 Å². The van der Waals surface area contributed by atoms with Gasteiger partial charge in [-0.2, -0.15) is 0 Å². The number of methoxy groups -OCH3 is 1. The topological polar surface area (TPSA) is 21.3 Å². The van der Waals surface area contributed by atoms with E-state index in [1.807, 2.05) is 13.1 Å². The van der Waals surface area contributed by atoms with Crippen molar-refractivity contribution in [1.29, 1.82) is 0 Å². The zero-order valence-corrected chi connectivity index (χ0v) is 15.2. The van der Waals surface area contributed by atoms with Gasteiger partial charge in [0.2, 0.25) is 0 Å². The largest absolute Gasteiger partial charge is 0.496 e. The third-order valence-corrected chi connectivity index (χ3v) is 4.15. The first-order chi connectivity index (χ1) is 9.26. The molecule has 0 bridgehead atoms. The predicted molar refractivity (Wildman–Crippen MR) is 90.3 cm³/mol. The Hall–Kier alpha value is -0.540. The molecule has 0 spiro atoms. The van der Waals surface area contributed by atoms with Gasteiger partial charge in [-0.1, -0.05) is 33.8 Å². The molecule has 0 aliphatic rings. The fourth-order valence-corrected chi connectivity index (χ4v) is 3.41. The first kappa shape index (κ1) is 17.5. The van der Waals surface area contributed by atoms with Gasteiger partial charge >= 0.3 is 0 Å². The molecule has 0 heterocycles. The normalized spacial score (nSPS) is 14.9. The van der Waals surface area contributed by atoms with Crippen molar-refractivity contribution in [3.63, 3.8) is 0 Å². The molecule has 0 aliphatic carbocycles. The fraction of sp³-hybridized carbons (Fsp3) is 0.647. The Morgan fingerprint density at radius 3 is 2.40 bits per heavy atom. The van der Waals surface area contributed by atoms with Gasteiger partial charge in [0.1, 0.15) is 5.75 Å². The number of hydrogen-bond acceptors (Lipinski definition) is 2. The summed E-state index contributed by atoms with van der Waals surface area (Å²) in [5, 5.41) is 3.44. The monoisotopic (exact) mass is 341 g/mol. The summed E-state index contributed by atoms with van der Waals surface area (Å²) < 4.78 is 6.31. The standard InChI is InChI=1S/C17H28BrNO/c1-12(11-17(2,3)4)9-15(19-5)13-7-8-16(20-6)14(18)10-13/h7-8,10,12,15,19H,9,11H2,1-6H3. The van der Waals surface area contributed by atoms with Crippen molar-refractivity contribution in [3.8, 4) is 5.75 Å². The summed E-state index contributed by atoms with van der Waals surface area (Å²) in [6.07, 6.45) is 2.38. The summed E-state index contributed by atoms with van der Waals surface area (Å²) >= 11 is 3.57. The molecule has 2 atom stereocenters.